The molecule has 0 fully saturated rings. The maximum atomic E-state index is 11.4. The topological polar surface area (TPSA) is 41.1 Å². The van der Waals surface area contributed by atoms with Gasteiger partial charge in [-0.25, -0.2) is 4.79 Å². The van der Waals surface area contributed by atoms with E-state index in [0.717, 1.165) is 29.7 Å². The van der Waals surface area contributed by atoms with Crippen LogP contribution in [0.3, 0.4) is 0 Å². The predicted octanol–water partition coefficient (Wildman–Crippen LogP) is 3.22. The molecule has 3 nitrogen and oxygen atoms in total. The number of urea groups is 1. The Bertz CT molecular complexity index is 391. The molecule has 16 heavy (non-hydrogen) atoms. The SMILES string of the molecule is CCc1ccc(Cl)c(CC)c1NC(=O)NC. The Morgan fingerprint density at radius 1 is 1.31 bits per heavy atom. The van der Waals surface area contributed by atoms with Gasteiger partial charge in [-0.1, -0.05) is 31.5 Å². The van der Waals surface area contributed by atoms with Crippen LogP contribution in [0.25, 0.3) is 0 Å². The zero-order valence-electron chi connectivity index (χ0n) is 9.86. The van der Waals surface area contributed by atoms with Crippen molar-refractivity contribution in [3.63, 3.8) is 0 Å². The van der Waals surface area contributed by atoms with E-state index in [4.69, 9.17) is 11.6 Å². The lowest BCUT2D eigenvalue weighted by atomic mass is 10.0. The van der Waals surface area contributed by atoms with Crippen molar-refractivity contribution >= 4 is 23.3 Å². The fourth-order valence-electron chi connectivity index (χ4n) is 1.64. The molecule has 0 aliphatic carbocycles. The second-order valence-corrected chi connectivity index (χ2v) is 3.88. The first-order chi connectivity index (χ1) is 7.63. The molecule has 0 atom stereocenters. The van der Waals surface area contributed by atoms with Crippen LogP contribution in [0.1, 0.15) is 25.0 Å². The summed E-state index contributed by atoms with van der Waals surface area (Å²) in [4.78, 5) is 11.4. The van der Waals surface area contributed by atoms with Crippen LogP contribution in [-0.4, -0.2) is 13.1 Å². The van der Waals surface area contributed by atoms with Crippen molar-refractivity contribution in [2.75, 3.05) is 12.4 Å². The van der Waals surface area contributed by atoms with Gasteiger partial charge < -0.3 is 10.6 Å². The Kier molecular flexibility index (Phi) is 4.62. The summed E-state index contributed by atoms with van der Waals surface area (Å²) in [7, 11) is 1.59. The maximum absolute atomic E-state index is 11.4. The van der Waals surface area contributed by atoms with E-state index in [9.17, 15) is 4.79 Å². The number of amides is 2. The van der Waals surface area contributed by atoms with Crippen molar-refractivity contribution in [3.8, 4) is 0 Å². The van der Waals surface area contributed by atoms with Crippen LogP contribution in [0, 0.1) is 0 Å². The molecule has 0 radical (unpaired) electrons. The molecular formula is C12H17ClN2O. The first kappa shape index (κ1) is 12.8. The van der Waals surface area contributed by atoms with Crippen molar-refractivity contribution in [2.45, 2.75) is 26.7 Å². The van der Waals surface area contributed by atoms with E-state index < -0.39 is 0 Å². The van der Waals surface area contributed by atoms with E-state index in [1.165, 1.54) is 0 Å². The highest BCUT2D eigenvalue weighted by Crippen LogP contribution is 2.29. The number of halogens is 1. The first-order valence-corrected chi connectivity index (χ1v) is 5.80. The number of nitrogens with one attached hydrogen (secondary N) is 2. The van der Waals surface area contributed by atoms with E-state index >= 15 is 0 Å². The van der Waals surface area contributed by atoms with Gasteiger partial charge in [0.15, 0.2) is 0 Å². The molecule has 0 aliphatic rings. The summed E-state index contributed by atoms with van der Waals surface area (Å²) < 4.78 is 0. The van der Waals surface area contributed by atoms with Crippen LogP contribution in [0.2, 0.25) is 5.02 Å². The number of hydrogen-bond acceptors (Lipinski definition) is 1. The van der Waals surface area contributed by atoms with Gasteiger partial charge in [-0.3, -0.25) is 0 Å². The van der Waals surface area contributed by atoms with Gasteiger partial charge in [0.05, 0.1) is 5.69 Å². The fourth-order valence-corrected chi connectivity index (χ4v) is 1.93. The Labute approximate surface area is 101 Å². The maximum Gasteiger partial charge on any atom is 0.318 e. The normalized spacial score (nSPS) is 10.0. The standard InChI is InChI=1S/C12H17ClN2O/c1-4-8-6-7-10(13)9(5-2)11(8)15-12(16)14-3/h6-7H,4-5H2,1-3H3,(H2,14,15,16). The summed E-state index contributed by atoms with van der Waals surface area (Å²) in [5.74, 6) is 0. The van der Waals surface area contributed by atoms with Gasteiger partial charge in [0.1, 0.15) is 0 Å². The molecule has 1 aromatic carbocycles. The van der Waals surface area contributed by atoms with Crippen LogP contribution >= 0.6 is 11.6 Å². The molecule has 1 aromatic rings. The van der Waals surface area contributed by atoms with Gasteiger partial charge in [-0.15, -0.1) is 0 Å². The van der Waals surface area contributed by atoms with E-state index in [0.29, 0.717) is 5.02 Å². The Morgan fingerprint density at radius 2 is 2.00 bits per heavy atom. The molecule has 0 aromatic heterocycles. The van der Waals surface area contributed by atoms with Gasteiger partial charge in [0, 0.05) is 12.1 Å². The molecule has 4 heteroatoms. The molecular weight excluding hydrogens is 224 g/mol. The van der Waals surface area contributed by atoms with Gasteiger partial charge in [-0.05, 0) is 30.0 Å². The second-order valence-electron chi connectivity index (χ2n) is 3.47. The number of rotatable bonds is 3. The van der Waals surface area contributed by atoms with Gasteiger partial charge in [-0.2, -0.15) is 0 Å². The third-order valence-electron chi connectivity index (χ3n) is 2.54. The van der Waals surface area contributed by atoms with Gasteiger partial charge >= 0.3 is 6.03 Å². The van der Waals surface area contributed by atoms with E-state index in [2.05, 4.69) is 17.6 Å². The number of aryl methyl sites for hydroxylation is 1. The minimum Gasteiger partial charge on any atom is -0.341 e. The molecule has 2 N–H and O–H groups in total. The summed E-state index contributed by atoms with van der Waals surface area (Å²) in [5, 5.41) is 6.08. The summed E-state index contributed by atoms with van der Waals surface area (Å²) in [5.41, 5.74) is 2.94. The lowest BCUT2D eigenvalue weighted by molar-refractivity contribution is 0.254. The highest BCUT2D eigenvalue weighted by molar-refractivity contribution is 6.31. The molecule has 0 heterocycles. The molecule has 88 valence electrons. The molecule has 0 unspecified atom stereocenters. The number of carbonyl (C=O) groups is 1. The smallest absolute Gasteiger partial charge is 0.318 e. The van der Waals surface area contributed by atoms with Crippen molar-refractivity contribution in [1.82, 2.24) is 5.32 Å². The van der Waals surface area contributed by atoms with Gasteiger partial charge in [0.2, 0.25) is 0 Å². The molecule has 0 aliphatic heterocycles. The molecule has 0 saturated heterocycles. The molecule has 0 bridgehead atoms. The predicted molar refractivity (Wildman–Crippen MR) is 68.3 cm³/mol. The van der Waals surface area contributed by atoms with Crippen LogP contribution in [0.15, 0.2) is 12.1 Å². The van der Waals surface area contributed by atoms with Crippen LogP contribution in [0.5, 0.6) is 0 Å². The number of benzene rings is 1. The van der Waals surface area contributed by atoms with Crippen molar-refractivity contribution in [2.24, 2.45) is 0 Å². The van der Waals surface area contributed by atoms with Crippen molar-refractivity contribution in [3.05, 3.63) is 28.3 Å². The average molecular weight is 241 g/mol. The minimum absolute atomic E-state index is 0.216. The van der Waals surface area contributed by atoms with E-state index in [1.54, 1.807) is 7.05 Å². The number of anilines is 1. The summed E-state index contributed by atoms with van der Waals surface area (Å²) in [6.07, 6.45) is 1.66. The molecule has 0 spiro atoms. The first-order valence-electron chi connectivity index (χ1n) is 5.43. The molecule has 1 rings (SSSR count). The summed E-state index contributed by atoms with van der Waals surface area (Å²) in [6, 6.07) is 3.62. The van der Waals surface area contributed by atoms with E-state index in [1.807, 2.05) is 19.1 Å². The second kappa shape index (κ2) is 5.75. The average Bonchev–Trinajstić information content (AvgIpc) is 2.29. The van der Waals surface area contributed by atoms with Crippen LogP contribution < -0.4 is 10.6 Å². The monoisotopic (exact) mass is 240 g/mol. The highest BCUT2D eigenvalue weighted by Gasteiger charge is 2.11. The van der Waals surface area contributed by atoms with Crippen molar-refractivity contribution in [1.29, 1.82) is 0 Å². The Balaban J connectivity index is 3.19. The minimum atomic E-state index is -0.216. The highest BCUT2D eigenvalue weighted by atomic mass is 35.5. The lowest BCUT2D eigenvalue weighted by Crippen LogP contribution is -2.25. The zero-order valence-corrected chi connectivity index (χ0v) is 10.6. The van der Waals surface area contributed by atoms with Crippen LogP contribution in [0.4, 0.5) is 10.5 Å². The summed E-state index contributed by atoms with van der Waals surface area (Å²) >= 11 is 6.11. The number of hydrogen-bond donors (Lipinski definition) is 2. The third-order valence-corrected chi connectivity index (χ3v) is 2.90. The van der Waals surface area contributed by atoms with E-state index in [-0.39, 0.29) is 6.03 Å². The Hall–Kier alpha value is -1.22. The molecule has 0 saturated carbocycles. The Morgan fingerprint density at radius 3 is 2.50 bits per heavy atom. The quantitative estimate of drug-likeness (QED) is 0.837. The summed E-state index contributed by atoms with van der Waals surface area (Å²) in [6.45, 7) is 4.08. The van der Waals surface area contributed by atoms with Gasteiger partial charge in [0.25, 0.3) is 0 Å². The number of carbonyl (C=O) groups excluding carboxylic acids is 1. The third kappa shape index (κ3) is 2.67. The largest absolute Gasteiger partial charge is 0.341 e. The molecule has 2 amide bonds. The van der Waals surface area contributed by atoms with Crippen molar-refractivity contribution < 1.29 is 4.79 Å². The fraction of sp³-hybridized carbons (Fsp3) is 0.417. The lowest BCUT2D eigenvalue weighted by Gasteiger charge is -2.15. The van der Waals surface area contributed by atoms with Crippen LogP contribution in [-0.2, 0) is 12.8 Å². The zero-order chi connectivity index (χ0) is 12.1.